The molecule has 4 atom stereocenters. The van der Waals surface area contributed by atoms with E-state index in [1.807, 2.05) is 31.2 Å². The van der Waals surface area contributed by atoms with Crippen molar-refractivity contribution >= 4 is 0 Å². The van der Waals surface area contributed by atoms with Crippen molar-refractivity contribution in [2.24, 2.45) is 17.8 Å². The third-order valence-electron chi connectivity index (χ3n) is 5.57. The molecule has 29 heavy (non-hydrogen) atoms. The summed E-state index contributed by atoms with van der Waals surface area (Å²) in [7, 11) is 1.69. The van der Waals surface area contributed by atoms with Crippen LogP contribution in [0.1, 0.15) is 47.5 Å². The lowest BCUT2D eigenvalue weighted by molar-refractivity contribution is 0.234. The first kappa shape index (κ1) is 25.1. The van der Waals surface area contributed by atoms with E-state index < -0.39 is 6.17 Å². The van der Waals surface area contributed by atoms with E-state index >= 15 is 0 Å². The Morgan fingerprint density at radius 2 is 2.00 bits per heavy atom. The van der Waals surface area contributed by atoms with Gasteiger partial charge in [-0.05, 0) is 49.8 Å². The van der Waals surface area contributed by atoms with Crippen LogP contribution in [0.15, 0.2) is 83.6 Å². The summed E-state index contributed by atoms with van der Waals surface area (Å²) in [6.07, 6.45) is 19.1. The van der Waals surface area contributed by atoms with Crippen molar-refractivity contribution in [3.05, 3.63) is 83.6 Å². The molecule has 0 radical (unpaired) electrons. The van der Waals surface area contributed by atoms with Crippen LogP contribution in [-0.2, 0) is 4.74 Å². The fraction of sp³-hybridized carbons (Fsp3) is 0.481. The highest BCUT2D eigenvalue weighted by Gasteiger charge is 2.26. The van der Waals surface area contributed by atoms with Crippen LogP contribution in [0, 0.1) is 17.8 Å². The maximum atomic E-state index is 15.0. The molecule has 0 saturated carbocycles. The molecular formula is C27H39FO. The number of rotatable bonds is 11. The smallest absolute Gasteiger partial charge is 0.129 e. The van der Waals surface area contributed by atoms with Crippen LogP contribution in [-0.4, -0.2) is 19.9 Å². The standard InChI is InChI=1S/C27H39FO/c1-8-12-24(13-9-2)26-16-15-25(19-27(26)28)22(6)21(5)20(4)18-23(10-3)14-11-17-29-7/h8,10-16,19-20,22,26-27H,5,9,17-18H2,1-4,6-7H3/b12-8-,14-11-,23-10+,24-13+. The van der Waals surface area contributed by atoms with Crippen molar-refractivity contribution < 1.29 is 9.13 Å². The Labute approximate surface area is 178 Å². The van der Waals surface area contributed by atoms with Gasteiger partial charge in [-0.2, -0.15) is 0 Å². The minimum absolute atomic E-state index is 0.127. The lowest BCUT2D eigenvalue weighted by Crippen LogP contribution is -2.20. The first-order valence-corrected chi connectivity index (χ1v) is 10.8. The largest absolute Gasteiger partial charge is 0.381 e. The van der Waals surface area contributed by atoms with Crippen molar-refractivity contribution in [1.29, 1.82) is 0 Å². The molecule has 1 aliphatic carbocycles. The van der Waals surface area contributed by atoms with Crippen molar-refractivity contribution in [2.45, 2.75) is 53.6 Å². The quantitative estimate of drug-likeness (QED) is 0.256. The Balaban J connectivity index is 2.84. The SMILES string of the molecule is C=C(C(C)CC(/C=C\COC)=C/C)C(C)C1=CC(F)C(C(/C=C\C)=C/CC)C=C1. The minimum atomic E-state index is -1.00. The zero-order valence-electron chi connectivity index (χ0n) is 19.1. The fourth-order valence-electron chi connectivity index (χ4n) is 3.69. The number of methoxy groups -OCH3 is 1. The molecule has 0 spiro atoms. The first-order valence-electron chi connectivity index (χ1n) is 10.8. The molecule has 0 aromatic carbocycles. The van der Waals surface area contributed by atoms with Crippen LogP contribution < -0.4 is 0 Å². The van der Waals surface area contributed by atoms with Crippen LogP contribution >= 0.6 is 0 Å². The summed E-state index contributed by atoms with van der Waals surface area (Å²) in [6.45, 7) is 15.4. The van der Waals surface area contributed by atoms with Crippen LogP contribution in [0.2, 0.25) is 0 Å². The predicted octanol–water partition coefficient (Wildman–Crippen LogP) is 7.72. The van der Waals surface area contributed by atoms with Gasteiger partial charge < -0.3 is 4.74 Å². The van der Waals surface area contributed by atoms with Crippen LogP contribution in [0.25, 0.3) is 0 Å². The first-order chi connectivity index (χ1) is 13.9. The maximum Gasteiger partial charge on any atom is 0.129 e. The van der Waals surface area contributed by atoms with Gasteiger partial charge in [0, 0.05) is 18.9 Å². The third-order valence-corrected chi connectivity index (χ3v) is 5.57. The summed E-state index contributed by atoms with van der Waals surface area (Å²) in [5.74, 6) is 0.238. The average Bonchev–Trinajstić information content (AvgIpc) is 2.71. The Kier molecular flexibility index (Phi) is 11.5. The van der Waals surface area contributed by atoms with Gasteiger partial charge in [0.2, 0.25) is 0 Å². The molecule has 0 heterocycles. The molecule has 1 rings (SSSR count). The zero-order chi connectivity index (χ0) is 21.8. The number of hydrogen-bond acceptors (Lipinski definition) is 1. The Bertz CT molecular complexity index is 702. The molecule has 2 heteroatoms. The summed E-state index contributed by atoms with van der Waals surface area (Å²) < 4.78 is 20.1. The lowest BCUT2D eigenvalue weighted by Gasteiger charge is -2.27. The Hall–Kier alpha value is -1.93. The molecule has 0 saturated heterocycles. The van der Waals surface area contributed by atoms with Crippen LogP contribution in [0.4, 0.5) is 4.39 Å². The molecule has 0 N–H and O–H groups in total. The summed E-state index contributed by atoms with van der Waals surface area (Å²) in [4.78, 5) is 0. The molecule has 0 fully saturated rings. The number of allylic oxidation sites excluding steroid dienone is 12. The molecule has 0 aromatic heterocycles. The van der Waals surface area contributed by atoms with Gasteiger partial charge in [0.15, 0.2) is 0 Å². The summed E-state index contributed by atoms with van der Waals surface area (Å²) in [5.41, 5.74) is 4.48. The second-order valence-electron chi connectivity index (χ2n) is 7.73. The van der Waals surface area contributed by atoms with Gasteiger partial charge in [-0.3, -0.25) is 0 Å². The average molecular weight is 399 g/mol. The van der Waals surface area contributed by atoms with E-state index in [-0.39, 0.29) is 11.8 Å². The van der Waals surface area contributed by atoms with Gasteiger partial charge in [0.1, 0.15) is 6.17 Å². The third kappa shape index (κ3) is 7.78. The highest BCUT2D eigenvalue weighted by Crippen LogP contribution is 2.35. The molecule has 0 amide bonds. The van der Waals surface area contributed by atoms with Crippen molar-refractivity contribution in [3.8, 4) is 0 Å². The second kappa shape index (κ2) is 13.3. The van der Waals surface area contributed by atoms with E-state index in [1.165, 1.54) is 5.57 Å². The molecule has 160 valence electrons. The normalized spacial score (nSPS) is 22.9. The monoisotopic (exact) mass is 398 g/mol. The van der Waals surface area contributed by atoms with Crippen molar-refractivity contribution in [1.82, 2.24) is 0 Å². The summed E-state index contributed by atoms with van der Waals surface area (Å²) in [6, 6.07) is 0. The Morgan fingerprint density at radius 1 is 1.28 bits per heavy atom. The van der Waals surface area contributed by atoms with E-state index in [9.17, 15) is 4.39 Å². The van der Waals surface area contributed by atoms with Gasteiger partial charge in [-0.1, -0.05) is 87.1 Å². The van der Waals surface area contributed by atoms with E-state index in [1.54, 1.807) is 13.2 Å². The van der Waals surface area contributed by atoms with Crippen molar-refractivity contribution in [3.63, 3.8) is 0 Å². The molecule has 0 bridgehead atoms. The van der Waals surface area contributed by atoms with Gasteiger partial charge in [0.25, 0.3) is 0 Å². The number of ether oxygens (including phenoxy) is 1. The van der Waals surface area contributed by atoms with Gasteiger partial charge in [-0.15, -0.1) is 0 Å². The minimum Gasteiger partial charge on any atom is -0.381 e. The maximum absolute atomic E-state index is 15.0. The fourth-order valence-corrected chi connectivity index (χ4v) is 3.69. The predicted molar refractivity (Wildman–Crippen MR) is 126 cm³/mol. The number of hydrogen-bond donors (Lipinski definition) is 0. The summed E-state index contributed by atoms with van der Waals surface area (Å²) >= 11 is 0. The van der Waals surface area contributed by atoms with Gasteiger partial charge >= 0.3 is 0 Å². The second-order valence-corrected chi connectivity index (χ2v) is 7.73. The number of halogens is 1. The van der Waals surface area contributed by atoms with E-state index in [2.05, 4.69) is 58.6 Å². The summed E-state index contributed by atoms with van der Waals surface area (Å²) in [5, 5.41) is 0. The zero-order valence-corrected chi connectivity index (χ0v) is 19.1. The molecule has 0 aliphatic heterocycles. The number of alkyl halides is 1. The molecule has 1 aliphatic rings. The van der Waals surface area contributed by atoms with Crippen LogP contribution in [0.3, 0.4) is 0 Å². The molecule has 4 unspecified atom stereocenters. The topological polar surface area (TPSA) is 9.23 Å². The van der Waals surface area contributed by atoms with E-state index in [4.69, 9.17) is 4.74 Å². The Morgan fingerprint density at radius 3 is 2.55 bits per heavy atom. The molecule has 0 aromatic rings. The lowest BCUT2D eigenvalue weighted by atomic mass is 9.79. The molecule has 1 nitrogen and oxygen atoms in total. The highest BCUT2D eigenvalue weighted by molar-refractivity contribution is 5.39. The highest BCUT2D eigenvalue weighted by atomic mass is 19.1. The molecular weight excluding hydrogens is 359 g/mol. The van der Waals surface area contributed by atoms with Crippen LogP contribution in [0.5, 0.6) is 0 Å². The van der Waals surface area contributed by atoms with E-state index in [0.717, 1.165) is 29.6 Å². The van der Waals surface area contributed by atoms with Crippen molar-refractivity contribution in [2.75, 3.05) is 13.7 Å². The van der Waals surface area contributed by atoms with Gasteiger partial charge in [-0.25, -0.2) is 4.39 Å². The van der Waals surface area contributed by atoms with Gasteiger partial charge in [0.05, 0.1) is 6.61 Å². The van der Waals surface area contributed by atoms with E-state index in [0.29, 0.717) is 12.5 Å².